The SMILES string of the molecule is COc1cc(C)nc(N(C)Cc2ccccc2CN)n1. The molecule has 0 unspecified atom stereocenters. The van der Waals surface area contributed by atoms with Crippen molar-refractivity contribution in [1.82, 2.24) is 9.97 Å². The zero-order chi connectivity index (χ0) is 14.5. The molecule has 0 aliphatic heterocycles. The third-order valence-electron chi connectivity index (χ3n) is 3.12. The molecular weight excluding hydrogens is 252 g/mol. The number of anilines is 1. The molecule has 0 radical (unpaired) electrons. The fourth-order valence-corrected chi connectivity index (χ4v) is 2.04. The molecule has 2 N–H and O–H groups in total. The highest BCUT2D eigenvalue weighted by atomic mass is 16.5. The minimum Gasteiger partial charge on any atom is -0.481 e. The van der Waals surface area contributed by atoms with Crippen molar-refractivity contribution in [2.45, 2.75) is 20.0 Å². The quantitative estimate of drug-likeness (QED) is 0.900. The average molecular weight is 272 g/mol. The van der Waals surface area contributed by atoms with E-state index in [1.54, 1.807) is 7.11 Å². The topological polar surface area (TPSA) is 64.3 Å². The van der Waals surface area contributed by atoms with Gasteiger partial charge in [-0.15, -0.1) is 0 Å². The summed E-state index contributed by atoms with van der Waals surface area (Å²) in [7, 11) is 3.57. The van der Waals surface area contributed by atoms with Gasteiger partial charge in [0.15, 0.2) is 0 Å². The molecule has 0 saturated carbocycles. The van der Waals surface area contributed by atoms with Crippen LogP contribution in [0.4, 0.5) is 5.95 Å². The lowest BCUT2D eigenvalue weighted by atomic mass is 10.1. The molecule has 106 valence electrons. The summed E-state index contributed by atoms with van der Waals surface area (Å²) < 4.78 is 5.18. The van der Waals surface area contributed by atoms with E-state index < -0.39 is 0 Å². The van der Waals surface area contributed by atoms with Crippen LogP contribution in [0.5, 0.6) is 5.88 Å². The average Bonchev–Trinajstić information content (AvgIpc) is 2.47. The van der Waals surface area contributed by atoms with Crippen molar-refractivity contribution < 1.29 is 4.74 Å². The molecule has 0 saturated heterocycles. The third kappa shape index (κ3) is 3.24. The summed E-state index contributed by atoms with van der Waals surface area (Å²) in [6, 6.07) is 9.94. The van der Waals surface area contributed by atoms with Gasteiger partial charge in [0.25, 0.3) is 0 Å². The molecule has 5 heteroatoms. The van der Waals surface area contributed by atoms with Crippen LogP contribution in [-0.2, 0) is 13.1 Å². The van der Waals surface area contributed by atoms with E-state index in [0.29, 0.717) is 24.9 Å². The molecule has 0 fully saturated rings. The first-order valence-corrected chi connectivity index (χ1v) is 6.51. The Hall–Kier alpha value is -2.14. The van der Waals surface area contributed by atoms with Crippen LogP contribution in [0.15, 0.2) is 30.3 Å². The minimum absolute atomic E-state index is 0.530. The number of hydrogen-bond donors (Lipinski definition) is 1. The number of aryl methyl sites for hydroxylation is 1. The lowest BCUT2D eigenvalue weighted by Crippen LogP contribution is -2.21. The van der Waals surface area contributed by atoms with Gasteiger partial charge >= 0.3 is 0 Å². The Labute approximate surface area is 119 Å². The molecule has 20 heavy (non-hydrogen) atoms. The number of methoxy groups -OCH3 is 1. The van der Waals surface area contributed by atoms with Crippen LogP contribution in [0.1, 0.15) is 16.8 Å². The van der Waals surface area contributed by atoms with Crippen LogP contribution < -0.4 is 15.4 Å². The lowest BCUT2D eigenvalue weighted by Gasteiger charge is -2.19. The Kier molecular flexibility index (Phi) is 4.53. The van der Waals surface area contributed by atoms with Crippen LogP contribution in [0.2, 0.25) is 0 Å². The molecule has 1 aromatic carbocycles. The number of benzene rings is 1. The van der Waals surface area contributed by atoms with E-state index >= 15 is 0 Å². The van der Waals surface area contributed by atoms with Crippen molar-refractivity contribution in [2.75, 3.05) is 19.1 Å². The van der Waals surface area contributed by atoms with Gasteiger partial charge in [-0.1, -0.05) is 24.3 Å². The van der Waals surface area contributed by atoms with E-state index in [9.17, 15) is 0 Å². The third-order valence-corrected chi connectivity index (χ3v) is 3.12. The summed E-state index contributed by atoms with van der Waals surface area (Å²) in [5.74, 6) is 1.22. The molecule has 2 aromatic rings. The molecule has 0 aliphatic carbocycles. The number of aromatic nitrogens is 2. The summed E-state index contributed by atoms with van der Waals surface area (Å²) in [6.07, 6.45) is 0. The van der Waals surface area contributed by atoms with E-state index in [2.05, 4.69) is 16.0 Å². The summed E-state index contributed by atoms with van der Waals surface area (Å²) in [6.45, 7) is 3.16. The molecule has 0 aliphatic rings. The monoisotopic (exact) mass is 272 g/mol. The number of nitrogens with zero attached hydrogens (tertiary/aromatic N) is 3. The van der Waals surface area contributed by atoms with Crippen LogP contribution in [0.3, 0.4) is 0 Å². The van der Waals surface area contributed by atoms with Crippen molar-refractivity contribution in [1.29, 1.82) is 0 Å². The van der Waals surface area contributed by atoms with E-state index in [1.807, 2.05) is 43.1 Å². The van der Waals surface area contributed by atoms with Gasteiger partial charge < -0.3 is 15.4 Å². The maximum Gasteiger partial charge on any atom is 0.228 e. The van der Waals surface area contributed by atoms with Crippen molar-refractivity contribution in [3.63, 3.8) is 0 Å². The highest BCUT2D eigenvalue weighted by molar-refractivity contribution is 5.37. The molecule has 5 nitrogen and oxygen atoms in total. The zero-order valence-electron chi connectivity index (χ0n) is 12.1. The lowest BCUT2D eigenvalue weighted by molar-refractivity contribution is 0.396. The van der Waals surface area contributed by atoms with Gasteiger partial charge in [0.1, 0.15) is 0 Å². The van der Waals surface area contributed by atoms with Gasteiger partial charge in [0.05, 0.1) is 7.11 Å². The van der Waals surface area contributed by atoms with Gasteiger partial charge in [-0.25, -0.2) is 4.98 Å². The Morgan fingerprint density at radius 1 is 1.20 bits per heavy atom. The molecule has 0 spiro atoms. The number of ether oxygens (including phenoxy) is 1. The van der Waals surface area contributed by atoms with Crippen LogP contribution in [0.25, 0.3) is 0 Å². The highest BCUT2D eigenvalue weighted by Crippen LogP contribution is 2.17. The van der Waals surface area contributed by atoms with Crippen molar-refractivity contribution in [2.24, 2.45) is 5.73 Å². The summed E-state index contributed by atoms with van der Waals surface area (Å²) in [5, 5.41) is 0. The van der Waals surface area contributed by atoms with Gasteiger partial charge in [0, 0.05) is 31.9 Å². The molecule has 2 rings (SSSR count). The minimum atomic E-state index is 0.530. The normalized spacial score (nSPS) is 10.4. The second-order valence-corrected chi connectivity index (χ2v) is 4.68. The fraction of sp³-hybridized carbons (Fsp3) is 0.333. The van der Waals surface area contributed by atoms with Crippen molar-refractivity contribution in [3.8, 4) is 5.88 Å². The Morgan fingerprint density at radius 3 is 2.55 bits per heavy atom. The number of nitrogens with two attached hydrogens (primary N) is 1. The van der Waals surface area contributed by atoms with E-state index in [4.69, 9.17) is 10.5 Å². The van der Waals surface area contributed by atoms with Gasteiger partial charge in [-0.3, -0.25) is 0 Å². The van der Waals surface area contributed by atoms with E-state index in [-0.39, 0.29) is 0 Å². The van der Waals surface area contributed by atoms with Gasteiger partial charge in [-0.2, -0.15) is 4.98 Å². The first-order valence-electron chi connectivity index (χ1n) is 6.51. The smallest absolute Gasteiger partial charge is 0.228 e. The Bertz CT molecular complexity index is 586. The molecular formula is C15H20N4O. The molecule has 0 amide bonds. The molecule has 0 bridgehead atoms. The van der Waals surface area contributed by atoms with Crippen molar-refractivity contribution >= 4 is 5.95 Å². The Balaban J connectivity index is 2.23. The van der Waals surface area contributed by atoms with Crippen LogP contribution in [-0.4, -0.2) is 24.1 Å². The van der Waals surface area contributed by atoms with E-state index in [0.717, 1.165) is 11.3 Å². The summed E-state index contributed by atoms with van der Waals surface area (Å²) >= 11 is 0. The predicted molar refractivity (Wildman–Crippen MR) is 79.8 cm³/mol. The van der Waals surface area contributed by atoms with E-state index in [1.165, 1.54) is 5.56 Å². The Morgan fingerprint density at radius 2 is 1.90 bits per heavy atom. The predicted octanol–water partition coefficient (Wildman–Crippen LogP) is 1.89. The zero-order valence-corrected chi connectivity index (χ0v) is 12.1. The fourth-order valence-electron chi connectivity index (χ4n) is 2.04. The second-order valence-electron chi connectivity index (χ2n) is 4.68. The summed E-state index contributed by atoms with van der Waals surface area (Å²) in [4.78, 5) is 10.8. The van der Waals surface area contributed by atoms with Crippen molar-refractivity contribution in [3.05, 3.63) is 47.2 Å². The first kappa shape index (κ1) is 14.3. The molecule has 1 heterocycles. The largest absolute Gasteiger partial charge is 0.481 e. The van der Waals surface area contributed by atoms with Gasteiger partial charge in [0.2, 0.25) is 11.8 Å². The number of rotatable bonds is 5. The standard InChI is InChI=1S/C15H20N4O/c1-11-8-14(20-3)18-15(17-11)19(2)10-13-7-5-4-6-12(13)9-16/h4-8H,9-10,16H2,1-3H3. The highest BCUT2D eigenvalue weighted by Gasteiger charge is 2.10. The van der Waals surface area contributed by atoms with Crippen LogP contribution >= 0.6 is 0 Å². The number of hydrogen-bond acceptors (Lipinski definition) is 5. The molecule has 0 atom stereocenters. The maximum absolute atomic E-state index is 5.77. The molecule has 1 aromatic heterocycles. The van der Waals surface area contributed by atoms with Gasteiger partial charge in [-0.05, 0) is 18.1 Å². The first-order chi connectivity index (χ1) is 9.63. The maximum atomic E-state index is 5.77. The second kappa shape index (κ2) is 6.34. The summed E-state index contributed by atoms with van der Waals surface area (Å²) in [5.41, 5.74) is 8.97. The van der Waals surface area contributed by atoms with Crippen LogP contribution in [0, 0.1) is 6.92 Å².